The van der Waals surface area contributed by atoms with Gasteiger partial charge in [-0.3, -0.25) is 4.72 Å². The van der Waals surface area contributed by atoms with Crippen LogP contribution in [0.4, 0.5) is 10.1 Å². The van der Waals surface area contributed by atoms with Crippen molar-refractivity contribution < 1.29 is 34.4 Å². The van der Waals surface area contributed by atoms with Crippen molar-refractivity contribution in [2.24, 2.45) is 10.3 Å². The Kier molecular flexibility index (Phi) is 8.16. The number of hydrogen-bond acceptors (Lipinski definition) is 7. The summed E-state index contributed by atoms with van der Waals surface area (Å²) in [7, 11) is -11.2. The van der Waals surface area contributed by atoms with Crippen molar-refractivity contribution in [1.82, 2.24) is 0 Å². The molecule has 0 atom stereocenters. The van der Waals surface area contributed by atoms with Crippen LogP contribution in [0.5, 0.6) is 11.5 Å². The summed E-state index contributed by atoms with van der Waals surface area (Å²) < 4.78 is 87.4. The zero-order valence-electron chi connectivity index (χ0n) is 17.0. The number of halogens is 1. The third-order valence-electron chi connectivity index (χ3n) is 3.67. The molecule has 0 aliphatic heterocycles. The molecule has 0 saturated carbocycles. The van der Waals surface area contributed by atoms with Crippen molar-refractivity contribution in [2.45, 2.75) is 9.79 Å². The first-order chi connectivity index (χ1) is 15.1. The minimum atomic E-state index is -4.10. The third-order valence-corrected chi connectivity index (χ3v) is 6.15. The van der Waals surface area contributed by atoms with Crippen LogP contribution in [0.25, 0.3) is 0 Å². The third kappa shape index (κ3) is 8.78. The molecule has 10 nitrogen and oxygen atoms in total. The van der Waals surface area contributed by atoms with Gasteiger partial charge in [0.05, 0.1) is 16.8 Å². The first-order valence-corrected chi connectivity index (χ1v) is 13.8. The summed E-state index contributed by atoms with van der Waals surface area (Å²) in [6.45, 7) is 0. The number of hydrogen-bond donors (Lipinski definition) is 3. The van der Waals surface area contributed by atoms with E-state index in [1.54, 1.807) is 18.2 Å². The minimum Gasteiger partial charge on any atom is -0.456 e. The summed E-state index contributed by atoms with van der Waals surface area (Å²) in [5.74, 6) is -0.517. The van der Waals surface area contributed by atoms with Crippen LogP contribution >= 0.6 is 0 Å². The van der Waals surface area contributed by atoms with Gasteiger partial charge in [0.15, 0.2) is 0 Å². The maximum absolute atomic E-state index is 12.9. The van der Waals surface area contributed by atoms with Gasteiger partial charge in [0, 0.05) is 6.07 Å². The average Bonchev–Trinajstić information content (AvgIpc) is 2.68. The van der Waals surface area contributed by atoms with Gasteiger partial charge in [-0.1, -0.05) is 18.2 Å². The van der Waals surface area contributed by atoms with E-state index >= 15 is 0 Å². The van der Waals surface area contributed by atoms with E-state index in [1.807, 2.05) is 0 Å². The van der Waals surface area contributed by atoms with E-state index in [2.05, 4.69) is 4.72 Å². The molecule has 3 aromatic rings. The van der Waals surface area contributed by atoms with Gasteiger partial charge in [0.2, 0.25) is 30.1 Å². The largest absolute Gasteiger partial charge is 0.456 e. The molecule has 3 rings (SSSR count). The SMILES string of the molecule is CS(=O)(=O)Nc1ccc(S(N)(=O)=O)c(Oc2ccc(F)cc2)c1.NS(=O)(=O)c1ccccc1. The molecule has 0 aliphatic rings. The molecule has 0 aliphatic carbocycles. The van der Waals surface area contributed by atoms with Gasteiger partial charge >= 0.3 is 0 Å². The van der Waals surface area contributed by atoms with Crippen LogP contribution in [0.3, 0.4) is 0 Å². The molecule has 0 amide bonds. The van der Waals surface area contributed by atoms with Gasteiger partial charge in [-0.2, -0.15) is 0 Å². The van der Waals surface area contributed by atoms with Crippen molar-refractivity contribution in [2.75, 3.05) is 11.0 Å². The van der Waals surface area contributed by atoms with Crippen LogP contribution < -0.4 is 19.7 Å². The van der Waals surface area contributed by atoms with Crippen LogP contribution in [0.2, 0.25) is 0 Å². The number of ether oxygens (including phenoxy) is 1. The lowest BCUT2D eigenvalue weighted by atomic mass is 10.3. The van der Waals surface area contributed by atoms with Crippen LogP contribution in [-0.4, -0.2) is 31.5 Å². The zero-order chi connectivity index (χ0) is 24.9. The van der Waals surface area contributed by atoms with Gasteiger partial charge in [-0.05, 0) is 48.5 Å². The summed E-state index contributed by atoms with van der Waals surface area (Å²) in [6, 6.07) is 16.2. The lowest BCUT2D eigenvalue weighted by Gasteiger charge is -2.12. The molecule has 178 valence electrons. The van der Waals surface area contributed by atoms with Crippen LogP contribution in [0, 0.1) is 5.82 Å². The maximum Gasteiger partial charge on any atom is 0.241 e. The van der Waals surface area contributed by atoms with Crippen molar-refractivity contribution in [3.8, 4) is 11.5 Å². The second-order valence-electron chi connectivity index (χ2n) is 6.49. The molecule has 0 radical (unpaired) electrons. The van der Waals surface area contributed by atoms with Crippen molar-refractivity contribution in [3.05, 3.63) is 78.6 Å². The summed E-state index contributed by atoms with van der Waals surface area (Å²) in [5.41, 5.74) is 0.0945. The normalized spacial score (nSPS) is 11.8. The molecule has 0 spiro atoms. The summed E-state index contributed by atoms with van der Waals surface area (Å²) in [5, 5.41) is 9.94. The van der Waals surface area contributed by atoms with E-state index < -0.39 is 35.9 Å². The van der Waals surface area contributed by atoms with Crippen LogP contribution in [0.15, 0.2) is 82.6 Å². The highest BCUT2D eigenvalue weighted by Gasteiger charge is 2.17. The standard InChI is InChI=1S/C13H13FN2O5S2.C6H7NO2S/c1-22(17,18)16-10-4-7-13(23(15,19)20)12(8-10)21-11-5-2-9(14)3-6-11;7-10(8,9)6-4-2-1-3-5-6/h2-8,16H,1H3,(H2,15,19,20);1-5H,(H2,7,8,9). The Balaban J connectivity index is 0.000000321. The van der Waals surface area contributed by atoms with Gasteiger partial charge in [0.25, 0.3) is 0 Å². The highest BCUT2D eigenvalue weighted by Crippen LogP contribution is 2.31. The van der Waals surface area contributed by atoms with Gasteiger partial charge < -0.3 is 4.74 Å². The van der Waals surface area contributed by atoms with Crippen LogP contribution in [0.1, 0.15) is 0 Å². The van der Waals surface area contributed by atoms with Crippen molar-refractivity contribution in [1.29, 1.82) is 0 Å². The molecular weight excluding hydrogens is 497 g/mol. The lowest BCUT2D eigenvalue weighted by molar-refractivity contribution is 0.466. The Morgan fingerprint density at radius 1 is 0.788 bits per heavy atom. The Labute approximate surface area is 191 Å². The van der Waals surface area contributed by atoms with E-state index in [0.29, 0.717) is 0 Å². The zero-order valence-corrected chi connectivity index (χ0v) is 19.5. The lowest BCUT2D eigenvalue weighted by Crippen LogP contribution is -2.14. The van der Waals surface area contributed by atoms with Gasteiger partial charge in [-0.15, -0.1) is 0 Å². The Morgan fingerprint density at radius 2 is 1.36 bits per heavy atom. The van der Waals surface area contributed by atoms with E-state index in [4.69, 9.17) is 15.0 Å². The Bertz CT molecular complexity index is 1430. The van der Waals surface area contributed by atoms with Gasteiger partial charge in [0.1, 0.15) is 22.2 Å². The molecule has 0 saturated heterocycles. The monoisotopic (exact) mass is 517 g/mol. The number of benzene rings is 3. The fraction of sp³-hybridized carbons (Fsp3) is 0.0526. The van der Waals surface area contributed by atoms with E-state index in [1.165, 1.54) is 36.4 Å². The van der Waals surface area contributed by atoms with Crippen LogP contribution in [-0.2, 0) is 30.1 Å². The van der Waals surface area contributed by atoms with Crippen molar-refractivity contribution in [3.63, 3.8) is 0 Å². The van der Waals surface area contributed by atoms with E-state index in [-0.39, 0.29) is 27.0 Å². The Morgan fingerprint density at radius 3 is 1.82 bits per heavy atom. The molecular formula is C19H20FN3O7S3. The number of nitrogens with one attached hydrogen (secondary N) is 1. The van der Waals surface area contributed by atoms with E-state index in [0.717, 1.165) is 24.5 Å². The molecule has 0 aromatic heterocycles. The summed E-state index contributed by atoms with van der Waals surface area (Å²) in [6.07, 6.45) is 0.946. The topological polar surface area (TPSA) is 176 Å². The second kappa shape index (κ2) is 10.3. The number of nitrogens with two attached hydrogens (primary N) is 2. The number of primary sulfonamides is 2. The second-order valence-corrected chi connectivity index (χ2v) is 11.3. The first kappa shape index (κ1) is 26.2. The highest BCUT2D eigenvalue weighted by molar-refractivity contribution is 7.92. The van der Waals surface area contributed by atoms with Crippen molar-refractivity contribution >= 4 is 35.8 Å². The fourth-order valence-electron chi connectivity index (χ4n) is 2.34. The number of sulfonamides is 3. The molecule has 0 heterocycles. The summed E-state index contributed by atoms with van der Waals surface area (Å²) >= 11 is 0. The molecule has 14 heteroatoms. The fourth-order valence-corrected chi connectivity index (χ4v) is 4.07. The molecule has 33 heavy (non-hydrogen) atoms. The molecule has 0 fully saturated rings. The number of anilines is 1. The maximum atomic E-state index is 12.9. The predicted molar refractivity (Wildman–Crippen MR) is 121 cm³/mol. The molecule has 0 unspecified atom stereocenters. The highest BCUT2D eigenvalue weighted by atomic mass is 32.2. The molecule has 3 aromatic carbocycles. The number of rotatable bonds is 6. The average molecular weight is 518 g/mol. The molecule has 5 N–H and O–H groups in total. The minimum absolute atomic E-state index is 0.0945. The Hall–Kier alpha value is -3.04. The first-order valence-electron chi connectivity index (χ1n) is 8.81. The smallest absolute Gasteiger partial charge is 0.241 e. The quantitative estimate of drug-likeness (QED) is 0.448. The molecule has 0 bridgehead atoms. The van der Waals surface area contributed by atoms with Gasteiger partial charge in [-0.25, -0.2) is 39.9 Å². The van der Waals surface area contributed by atoms with E-state index in [9.17, 15) is 29.6 Å². The summed E-state index contributed by atoms with van der Waals surface area (Å²) in [4.78, 5) is -0.184. The predicted octanol–water partition coefficient (Wildman–Crippen LogP) is 1.97.